The molecule has 21 heavy (non-hydrogen) atoms. The first kappa shape index (κ1) is 16.1. The van der Waals surface area contributed by atoms with Gasteiger partial charge in [-0.1, -0.05) is 12.5 Å². The second-order valence-corrected chi connectivity index (χ2v) is 6.65. The molecule has 0 aliphatic carbocycles. The number of anilines is 1. The van der Waals surface area contributed by atoms with E-state index in [9.17, 15) is 17.2 Å². The van der Waals surface area contributed by atoms with Gasteiger partial charge in [0.1, 0.15) is 0 Å². The average Bonchev–Trinajstić information content (AvgIpc) is 2.44. The molecule has 118 valence electrons. The van der Waals surface area contributed by atoms with Crippen LogP contribution in [0, 0.1) is 11.6 Å². The van der Waals surface area contributed by atoms with Crippen LogP contribution in [0.3, 0.4) is 0 Å². The summed E-state index contributed by atoms with van der Waals surface area (Å²) in [6.45, 7) is 0.894. The zero-order valence-electron chi connectivity index (χ0n) is 11.8. The lowest BCUT2D eigenvalue weighted by Crippen LogP contribution is -2.50. The van der Waals surface area contributed by atoms with Crippen LogP contribution in [-0.4, -0.2) is 38.9 Å². The van der Waals surface area contributed by atoms with Gasteiger partial charge in [0.15, 0.2) is 11.6 Å². The van der Waals surface area contributed by atoms with Crippen molar-refractivity contribution in [3.8, 4) is 0 Å². The summed E-state index contributed by atoms with van der Waals surface area (Å²) in [6.07, 6.45) is 2.45. The molecule has 1 aromatic rings. The second-order valence-electron chi connectivity index (χ2n) is 5.03. The maximum Gasteiger partial charge on any atom is 0.302 e. The molecule has 2 N–H and O–H groups in total. The maximum atomic E-state index is 13.6. The van der Waals surface area contributed by atoms with E-state index < -0.39 is 21.8 Å². The molecule has 0 radical (unpaired) electrons. The monoisotopic (exact) mass is 319 g/mol. The Morgan fingerprint density at radius 2 is 2.10 bits per heavy atom. The Balaban J connectivity index is 2.22. The van der Waals surface area contributed by atoms with Gasteiger partial charge >= 0.3 is 10.2 Å². The molecule has 1 fully saturated rings. The number of benzene rings is 1. The molecule has 0 saturated carbocycles. The minimum atomic E-state index is -3.91. The number of halogens is 2. The predicted molar refractivity (Wildman–Crippen MR) is 77.2 cm³/mol. The van der Waals surface area contributed by atoms with Gasteiger partial charge in [0.05, 0.1) is 5.69 Å². The molecule has 8 heteroatoms. The number of rotatable bonds is 5. The van der Waals surface area contributed by atoms with Crippen LogP contribution in [0.5, 0.6) is 0 Å². The Hall–Kier alpha value is -1.25. The van der Waals surface area contributed by atoms with Crippen molar-refractivity contribution < 1.29 is 17.2 Å². The van der Waals surface area contributed by atoms with Crippen LogP contribution in [-0.2, 0) is 10.2 Å². The van der Waals surface area contributed by atoms with E-state index in [0.29, 0.717) is 13.1 Å². The first-order chi connectivity index (χ1) is 9.95. The lowest BCUT2D eigenvalue weighted by molar-refractivity contribution is 0.250. The molecule has 1 saturated heterocycles. The quantitative estimate of drug-likeness (QED) is 0.868. The third-order valence-corrected chi connectivity index (χ3v) is 5.09. The lowest BCUT2D eigenvalue weighted by atomic mass is 10.1. The smallest absolute Gasteiger partial charge is 0.302 e. The van der Waals surface area contributed by atoms with Crippen LogP contribution in [0.25, 0.3) is 0 Å². The van der Waals surface area contributed by atoms with E-state index >= 15 is 0 Å². The lowest BCUT2D eigenvalue weighted by Gasteiger charge is -2.34. The highest BCUT2D eigenvalue weighted by Gasteiger charge is 2.32. The summed E-state index contributed by atoms with van der Waals surface area (Å²) in [6, 6.07) is 3.22. The summed E-state index contributed by atoms with van der Waals surface area (Å²) in [5.74, 6) is -2.27. The molecule has 0 aromatic heterocycles. The van der Waals surface area contributed by atoms with E-state index in [-0.39, 0.29) is 11.7 Å². The minimum Gasteiger partial charge on any atom is -0.318 e. The van der Waals surface area contributed by atoms with Crippen molar-refractivity contribution in [2.45, 2.75) is 25.3 Å². The average molecular weight is 319 g/mol. The molecule has 1 unspecified atom stereocenters. The minimum absolute atomic E-state index is 0.183. The Bertz CT molecular complexity index is 593. The van der Waals surface area contributed by atoms with E-state index in [4.69, 9.17) is 0 Å². The summed E-state index contributed by atoms with van der Waals surface area (Å²) in [5, 5.41) is 2.96. The van der Waals surface area contributed by atoms with Crippen LogP contribution in [0.2, 0.25) is 0 Å². The van der Waals surface area contributed by atoms with Gasteiger partial charge in [0.25, 0.3) is 0 Å². The van der Waals surface area contributed by atoms with E-state index in [1.165, 1.54) is 16.4 Å². The van der Waals surface area contributed by atoms with E-state index in [0.717, 1.165) is 25.3 Å². The fourth-order valence-electron chi connectivity index (χ4n) is 2.51. The van der Waals surface area contributed by atoms with Crippen LogP contribution >= 0.6 is 0 Å². The van der Waals surface area contributed by atoms with Crippen molar-refractivity contribution in [3.63, 3.8) is 0 Å². The normalized spacial score (nSPS) is 20.4. The molecular formula is C13H19F2N3O2S. The number of piperidine rings is 1. The number of likely N-dealkylation sites (N-methyl/N-ethyl adjacent to an activating group) is 1. The van der Waals surface area contributed by atoms with Gasteiger partial charge in [-0.25, -0.2) is 8.78 Å². The fourth-order valence-corrected chi connectivity index (χ4v) is 4.01. The summed E-state index contributed by atoms with van der Waals surface area (Å²) in [4.78, 5) is 0. The molecule has 1 aromatic carbocycles. The number of nitrogens with one attached hydrogen (secondary N) is 2. The van der Waals surface area contributed by atoms with Gasteiger partial charge in [0.2, 0.25) is 0 Å². The van der Waals surface area contributed by atoms with Crippen LogP contribution < -0.4 is 10.0 Å². The highest BCUT2D eigenvalue weighted by atomic mass is 32.2. The largest absolute Gasteiger partial charge is 0.318 e. The summed E-state index contributed by atoms with van der Waals surface area (Å²) in [7, 11) is -2.16. The van der Waals surface area contributed by atoms with Crippen molar-refractivity contribution in [1.82, 2.24) is 9.62 Å². The van der Waals surface area contributed by atoms with Crippen molar-refractivity contribution >= 4 is 15.9 Å². The van der Waals surface area contributed by atoms with Crippen molar-refractivity contribution in [1.29, 1.82) is 0 Å². The fraction of sp³-hybridized carbons (Fsp3) is 0.538. The maximum absolute atomic E-state index is 13.6. The number of hydrogen-bond donors (Lipinski definition) is 2. The molecule has 0 amide bonds. The van der Waals surface area contributed by atoms with E-state index in [2.05, 4.69) is 10.0 Å². The van der Waals surface area contributed by atoms with Crippen LogP contribution in [0.4, 0.5) is 14.5 Å². The second kappa shape index (κ2) is 6.67. The summed E-state index contributed by atoms with van der Waals surface area (Å²) >= 11 is 0. The van der Waals surface area contributed by atoms with Gasteiger partial charge in [-0.05, 0) is 32.0 Å². The third-order valence-electron chi connectivity index (χ3n) is 3.51. The SMILES string of the molecule is CNCC1CCCCN1S(=O)(=O)Nc1cccc(F)c1F. The molecule has 0 spiro atoms. The zero-order chi connectivity index (χ0) is 15.5. The number of hydrogen-bond acceptors (Lipinski definition) is 3. The molecule has 1 heterocycles. The molecule has 5 nitrogen and oxygen atoms in total. The number of nitrogens with zero attached hydrogens (tertiary/aromatic N) is 1. The zero-order valence-corrected chi connectivity index (χ0v) is 12.6. The Morgan fingerprint density at radius 3 is 2.81 bits per heavy atom. The molecular weight excluding hydrogens is 300 g/mol. The van der Waals surface area contributed by atoms with Gasteiger partial charge < -0.3 is 5.32 Å². The Labute approximate surface area is 123 Å². The summed E-state index contributed by atoms with van der Waals surface area (Å²) in [5.41, 5.74) is -0.371. The van der Waals surface area contributed by atoms with Gasteiger partial charge in [-0.3, -0.25) is 4.72 Å². The Kier molecular flexibility index (Phi) is 5.13. The van der Waals surface area contributed by atoms with Crippen LogP contribution in [0.1, 0.15) is 19.3 Å². The standard InChI is InChI=1S/C13H19F2N3O2S/c1-16-9-10-5-2-3-8-18(10)21(19,20)17-12-7-4-6-11(14)13(12)15/h4,6-7,10,16-17H,2-3,5,8-9H2,1H3. The first-order valence-electron chi connectivity index (χ1n) is 6.84. The Morgan fingerprint density at radius 1 is 1.33 bits per heavy atom. The van der Waals surface area contributed by atoms with Crippen LogP contribution in [0.15, 0.2) is 18.2 Å². The van der Waals surface area contributed by atoms with Gasteiger partial charge in [-0.2, -0.15) is 12.7 Å². The van der Waals surface area contributed by atoms with Crippen molar-refractivity contribution in [2.75, 3.05) is 24.9 Å². The third kappa shape index (κ3) is 3.69. The predicted octanol–water partition coefficient (Wildman–Crippen LogP) is 1.70. The van der Waals surface area contributed by atoms with E-state index in [1.54, 1.807) is 7.05 Å². The molecule has 1 atom stereocenters. The first-order valence-corrected chi connectivity index (χ1v) is 8.28. The van der Waals surface area contributed by atoms with Crippen molar-refractivity contribution in [2.24, 2.45) is 0 Å². The highest BCUT2D eigenvalue weighted by Crippen LogP contribution is 2.23. The molecule has 0 bridgehead atoms. The van der Waals surface area contributed by atoms with E-state index in [1.807, 2.05) is 0 Å². The molecule has 1 aliphatic rings. The van der Waals surface area contributed by atoms with Crippen molar-refractivity contribution in [3.05, 3.63) is 29.8 Å². The van der Waals surface area contributed by atoms with Gasteiger partial charge in [-0.15, -0.1) is 0 Å². The topological polar surface area (TPSA) is 61.4 Å². The molecule has 1 aliphatic heterocycles. The highest BCUT2D eigenvalue weighted by molar-refractivity contribution is 7.90. The molecule has 2 rings (SSSR count). The summed E-state index contributed by atoms with van der Waals surface area (Å²) < 4.78 is 55.0. The van der Waals surface area contributed by atoms with Gasteiger partial charge in [0, 0.05) is 19.1 Å².